The fourth-order valence-electron chi connectivity index (χ4n) is 2.51. The molecule has 0 aliphatic carbocycles. The van der Waals surface area contributed by atoms with E-state index in [1.54, 1.807) is 11.8 Å². The van der Waals surface area contributed by atoms with Crippen LogP contribution < -0.4 is 11.1 Å². The van der Waals surface area contributed by atoms with E-state index in [0.29, 0.717) is 12.3 Å². The third kappa shape index (κ3) is 5.69. The highest BCUT2D eigenvalue weighted by molar-refractivity contribution is 8.00. The number of rotatable bonds is 6. The first-order chi connectivity index (χ1) is 10.5. The van der Waals surface area contributed by atoms with Gasteiger partial charge in [-0.2, -0.15) is 0 Å². The molecule has 0 spiro atoms. The maximum atomic E-state index is 12.0. The molecule has 5 nitrogen and oxygen atoms in total. The molecule has 1 aliphatic rings. The number of primary amides is 1. The molecule has 0 bridgehead atoms. The molecule has 1 heterocycles. The van der Waals surface area contributed by atoms with Gasteiger partial charge in [-0.15, -0.1) is 11.8 Å². The van der Waals surface area contributed by atoms with Crippen LogP contribution in [0.4, 0.5) is 0 Å². The van der Waals surface area contributed by atoms with Gasteiger partial charge in [-0.25, -0.2) is 0 Å². The third-order valence-corrected chi connectivity index (χ3v) is 4.74. The summed E-state index contributed by atoms with van der Waals surface area (Å²) in [4.78, 5) is 26.0. The zero-order valence-electron chi connectivity index (χ0n) is 12.9. The zero-order valence-corrected chi connectivity index (χ0v) is 13.7. The van der Waals surface area contributed by atoms with Crippen LogP contribution >= 0.6 is 11.8 Å². The van der Waals surface area contributed by atoms with E-state index in [2.05, 4.69) is 17.4 Å². The SMILES string of the molecule is Cc1ccc(SCC(=O)NC2CCN(CC(N)=O)CC2)cc1. The minimum atomic E-state index is -0.294. The summed E-state index contributed by atoms with van der Waals surface area (Å²) in [5.41, 5.74) is 6.41. The van der Waals surface area contributed by atoms with Gasteiger partial charge in [0.15, 0.2) is 0 Å². The monoisotopic (exact) mass is 321 g/mol. The van der Waals surface area contributed by atoms with E-state index in [-0.39, 0.29) is 17.9 Å². The summed E-state index contributed by atoms with van der Waals surface area (Å²) in [6, 6.07) is 8.38. The van der Waals surface area contributed by atoms with Crippen molar-refractivity contribution in [2.45, 2.75) is 30.7 Å². The molecule has 22 heavy (non-hydrogen) atoms. The molecule has 0 unspecified atom stereocenters. The number of aryl methyl sites for hydroxylation is 1. The van der Waals surface area contributed by atoms with Crippen molar-refractivity contribution in [3.63, 3.8) is 0 Å². The Morgan fingerprint density at radius 2 is 1.91 bits per heavy atom. The number of carbonyl (C=O) groups excluding carboxylic acids is 2. The lowest BCUT2D eigenvalue weighted by atomic mass is 10.1. The maximum Gasteiger partial charge on any atom is 0.231 e. The molecular weight excluding hydrogens is 298 g/mol. The number of nitrogens with zero attached hydrogens (tertiary/aromatic N) is 1. The second kappa shape index (κ2) is 8.19. The van der Waals surface area contributed by atoms with Crippen molar-refractivity contribution in [2.24, 2.45) is 5.73 Å². The van der Waals surface area contributed by atoms with Gasteiger partial charge in [-0.05, 0) is 31.9 Å². The number of thioether (sulfide) groups is 1. The number of carbonyl (C=O) groups is 2. The van der Waals surface area contributed by atoms with Crippen LogP contribution in [0, 0.1) is 6.92 Å². The molecule has 0 atom stereocenters. The van der Waals surface area contributed by atoms with Gasteiger partial charge in [0.05, 0.1) is 12.3 Å². The molecule has 6 heteroatoms. The Kier molecular flexibility index (Phi) is 6.27. The molecule has 2 amide bonds. The molecule has 1 aliphatic heterocycles. The number of nitrogens with one attached hydrogen (secondary N) is 1. The second-order valence-corrected chi connectivity index (χ2v) is 6.73. The van der Waals surface area contributed by atoms with Gasteiger partial charge in [0.25, 0.3) is 0 Å². The summed E-state index contributed by atoms with van der Waals surface area (Å²) < 4.78 is 0. The number of piperidine rings is 1. The fourth-order valence-corrected chi connectivity index (χ4v) is 3.22. The number of hydrogen-bond donors (Lipinski definition) is 2. The Hall–Kier alpha value is -1.53. The minimum absolute atomic E-state index is 0.0685. The van der Waals surface area contributed by atoms with Crippen molar-refractivity contribution < 1.29 is 9.59 Å². The van der Waals surface area contributed by atoms with Crippen molar-refractivity contribution in [3.05, 3.63) is 29.8 Å². The molecule has 0 aromatic heterocycles. The third-order valence-electron chi connectivity index (χ3n) is 3.72. The average Bonchev–Trinajstić information content (AvgIpc) is 2.48. The largest absolute Gasteiger partial charge is 0.369 e. The molecule has 2 rings (SSSR count). The number of benzene rings is 1. The Balaban J connectivity index is 1.67. The number of hydrogen-bond acceptors (Lipinski definition) is 4. The predicted octanol–water partition coefficient (Wildman–Crippen LogP) is 1.15. The normalized spacial score (nSPS) is 16.4. The second-order valence-electron chi connectivity index (χ2n) is 5.69. The lowest BCUT2D eigenvalue weighted by Gasteiger charge is -2.31. The van der Waals surface area contributed by atoms with Crippen LogP contribution in [0.1, 0.15) is 18.4 Å². The molecule has 1 saturated heterocycles. The smallest absolute Gasteiger partial charge is 0.231 e. The molecule has 0 radical (unpaired) electrons. The van der Waals surface area contributed by atoms with Crippen molar-refractivity contribution in [2.75, 3.05) is 25.4 Å². The van der Waals surface area contributed by atoms with E-state index in [9.17, 15) is 9.59 Å². The molecular formula is C16H23N3O2S. The van der Waals surface area contributed by atoms with Gasteiger partial charge >= 0.3 is 0 Å². The van der Waals surface area contributed by atoms with Crippen LogP contribution in [0.2, 0.25) is 0 Å². The fraction of sp³-hybridized carbons (Fsp3) is 0.500. The number of amides is 2. The summed E-state index contributed by atoms with van der Waals surface area (Å²) in [6.07, 6.45) is 1.74. The van der Waals surface area contributed by atoms with Gasteiger partial charge in [0.1, 0.15) is 0 Å². The van der Waals surface area contributed by atoms with Crippen molar-refractivity contribution in [3.8, 4) is 0 Å². The average molecular weight is 321 g/mol. The van der Waals surface area contributed by atoms with Crippen molar-refractivity contribution >= 4 is 23.6 Å². The first-order valence-corrected chi connectivity index (χ1v) is 8.51. The first kappa shape index (κ1) is 16.8. The van der Waals surface area contributed by atoms with E-state index in [1.807, 2.05) is 24.0 Å². The molecule has 1 aromatic rings. The molecule has 1 fully saturated rings. The summed E-state index contributed by atoms with van der Waals surface area (Å²) in [6.45, 7) is 3.97. The van der Waals surface area contributed by atoms with Crippen LogP contribution in [0.5, 0.6) is 0 Å². The Morgan fingerprint density at radius 3 is 2.50 bits per heavy atom. The number of likely N-dealkylation sites (tertiary alicyclic amines) is 1. The van der Waals surface area contributed by atoms with Crippen molar-refractivity contribution in [1.82, 2.24) is 10.2 Å². The Bertz CT molecular complexity index is 511. The van der Waals surface area contributed by atoms with Gasteiger partial charge in [0.2, 0.25) is 11.8 Å². The number of nitrogens with two attached hydrogens (primary N) is 1. The van der Waals surface area contributed by atoms with Crippen LogP contribution in [0.25, 0.3) is 0 Å². The van der Waals surface area contributed by atoms with Gasteiger partial charge in [0, 0.05) is 24.0 Å². The van der Waals surface area contributed by atoms with Crippen LogP contribution in [-0.4, -0.2) is 48.1 Å². The van der Waals surface area contributed by atoms with Gasteiger partial charge < -0.3 is 11.1 Å². The highest BCUT2D eigenvalue weighted by Gasteiger charge is 2.21. The molecule has 120 valence electrons. The summed E-state index contributed by atoms with van der Waals surface area (Å²) >= 11 is 1.55. The van der Waals surface area contributed by atoms with Gasteiger partial charge in [-0.3, -0.25) is 14.5 Å². The van der Waals surface area contributed by atoms with Crippen LogP contribution in [-0.2, 0) is 9.59 Å². The molecule has 1 aromatic carbocycles. The highest BCUT2D eigenvalue weighted by atomic mass is 32.2. The molecule has 0 saturated carbocycles. The standard InChI is InChI=1S/C16H23N3O2S/c1-12-2-4-14(5-3-12)22-11-16(21)18-13-6-8-19(9-7-13)10-15(17)20/h2-5,13H,6-11H2,1H3,(H2,17,20)(H,18,21). The summed E-state index contributed by atoms with van der Waals surface area (Å²) in [5.74, 6) is 0.209. The lowest BCUT2D eigenvalue weighted by Crippen LogP contribution is -2.47. The van der Waals surface area contributed by atoms with E-state index >= 15 is 0 Å². The van der Waals surface area contributed by atoms with Gasteiger partial charge in [-0.1, -0.05) is 17.7 Å². The predicted molar refractivity (Wildman–Crippen MR) is 88.7 cm³/mol. The lowest BCUT2D eigenvalue weighted by molar-refractivity contribution is -0.121. The Labute approximate surface area is 135 Å². The molecule has 3 N–H and O–H groups in total. The summed E-state index contributed by atoms with van der Waals surface area (Å²) in [7, 11) is 0. The van der Waals surface area contributed by atoms with E-state index in [4.69, 9.17) is 5.73 Å². The zero-order chi connectivity index (χ0) is 15.9. The minimum Gasteiger partial charge on any atom is -0.369 e. The van der Waals surface area contributed by atoms with Crippen molar-refractivity contribution in [1.29, 1.82) is 0 Å². The topological polar surface area (TPSA) is 75.4 Å². The van der Waals surface area contributed by atoms with Crippen LogP contribution in [0.15, 0.2) is 29.2 Å². The maximum absolute atomic E-state index is 12.0. The summed E-state index contributed by atoms with van der Waals surface area (Å²) in [5, 5.41) is 3.07. The highest BCUT2D eigenvalue weighted by Crippen LogP contribution is 2.18. The van der Waals surface area contributed by atoms with E-state index < -0.39 is 0 Å². The Morgan fingerprint density at radius 1 is 1.27 bits per heavy atom. The quantitative estimate of drug-likeness (QED) is 0.771. The van der Waals surface area contributed by atoms with Crippen LogP contribution in [0.3, 0.4) is 0 Å². The van der Waals surface area contributed by atoms with E-state index in [0.717, 1.165) is 30.8 Å². The van der Waals surface area contributed by atoms with E-state index in [1.165, 1.54) is 5.56 Å². The first-order valence-electron chi connectivity index (χ1n) is 7.52.